The van der Waals surface area contributed by atoms with Gasteiger partial charge in [-0.1, -0.05) is 24.3 Å². The zero-order valence-electron chi connectivity index (χ0n) is 12.5. The number of ether oxygens (including phenoxy) is 1. The summed E-state index contributed by atoms with van der Waals surface area (Å²) in [7, 11) is 1.38. The van der Waals surface area contributed by atoms with Gasteiger partial charge < -0.3 is 25.0 Å². The topological polar surface area (TPSA) is 103 Å². The van der Waals surface area contributed by atoms with E-state index in [0.717, 1.165) is 16.5 Å². The van der Waals surface area contributed by atoms with Crippen molar-refractivity contribution in [1.82, 2.24) is 4.98 Å². The van der Waals surface area contributed by atoms with Crippen LogP contribution in [0, 0.1) is 0 Å². The van der Waals surface area contributed by atoms with Gasteiger partial charge in [-0.15, -0.1) is 0 Å². The van der Waals surface area contributed by atoms with Gasteiger partial charge in [0.25, 0.3) is 0 Å². The van der Waals surface area contributed by atoms with Crippen LogP contribution in [0.25, 0.3) is 10.9 Å². The second-order valence-corrected chi connectivity index (χ2v) is 4.76. The molecule has 23 heavy (non-hydrogen) atoms. The first kappa shape index (κ1) is 16.2. The smallest absolute Gasteiger partial charge is 0.307 e. The van der Waals surface area contributed by atoms with Gasteiger partial charge in [0.2, 0.25) is 5.75 Å². The van der Waals surface area contributed by atoms with Crippen LogP contribution in [0.4, 0.5) is 0 Å². The first-order valence-electron chi connectivity index (χ1n) is 6.84. The fourth-order valence-electron chi connectivity index (χ4n) is 2.16. The number of carboxylic acids is 1. The van der Waals surface area contributed by atoms with E-state index in [2.05, 4.69) is 9.72 Å². The zero-order chi connectivity index (χ0) is 16.8. The molecule has 0 spiro atoms. The Morgan fingerprint density at radius 1 is 1.09 bits per heavy atom. The third kappa shape index (κ3) is 3.94. The van der Waals surface area contributed by atoms with Crippen LogP contribution in [0.5, 0.6) is 17.2 Å². The van der Waals surface area contributed by atoms with E-state index in [1.807, 2.05) is 24.3 Å². The number of para-hydroxylation sites is 2. The summed E-state index contributed by atoms with van der Waals surface area (Å²) in [6.45, 7) is 0. The molecule has 2 aromatic carbocycles. The van der Waals surface area contributed by atoms with Gasteiger partial charge in [-0.2, -0.15) is 0 Å². The lowest BCUT2D eigenvalue weighted by molar-refractivity contribution is -0.136. The minimum atomic E-state index is -0.801. The number of aliphatic carboxylic acids is 1. The van der Waals surface area contributed by atoms with E-state index in [-0.39, 0.29) is 23.7 Å². The third-order valence-electron chi connectivity index (χ3n) is 3.19. The molecule has 0 saturated heterocycles. The molecule has 0 saturated carbocycles. The highest BCUT2D eigenvalue weighted by molar-refractivity contribution is 5.86. The van der Waals surface area contributed by atoms with Crippen molar-refractivity contribution >= 4 is 16.9 Å². The monoisotopic (exact) mass is 315 g/mol. The Balaban J connectivity index is 0.000000174. The van der Waals surface area contributed by atoms with Gasteiger partial charge >= 0.3 is 5.97 Å². The summed E-state index contributed by atoms with van der Waals surface area (Å²) in [5, 5.41) is 27.6. The van der Waals surface area contributed by atoms with E-state index >= 15 is 0 Å². The summed E-state index contributed by atoms with van der Waals surface area (Å²) in [4.78, 5) is 13.5. The number of phenolic OH excluding ortho intramolecular Hbond substituents is 2. The Morgan fingerprint density at radius 3 is 2.30 bits per heavy atom. The highest BCUT2D eigenvalue weighted by Crippen LogP contribution is 2.34. The molecule has 0 fully saturated rings. The summed E-state index contributed by atoms with van der Waals surface area (Å²) in [6.07, 6.45) is 1.82. The van der Waals surface area contributed by atoms with Crippen molar-refractivity contribution in [2.24, 2.45) is 0 Å². The summed E-state index contributed by atoms with van der Waals surface area (Å²) in [6, 6.07) is 12.1. The van der Waals surface area contributed by atoms with Gasteiger partial charge in [0.15, 0.2) is 11.5 Å². The molecule has 0 unspecified atom stereocenters. The first-order chi connectivity index (χ1) is 11.0. The predicted molar refractivity (Wildman–Crippen MR) is 86.0 cm³/mol. The summed E-state index contributed by atoms with van der Waals surface area (Å²) in [5.41, 5.74) is 1.82. The summed E-state index contributed by atoms with van der Waals surface area (Å²) < 4.78 is 4.68. The molecule has 0 amide bonds. The average Bonchev–Trinajstić information content (AvgIpc) is 2.91. The van der Waals surface area contributed by atoms with Gasteiger partial charge in [-0.25, -0.2) is 0 Å². The second kappa shape index (κ2) is 7.22. The predicted octanol–water partition coefficient (Wildman–Crippen LogP) is 2.90. The SMILES string of the molecule is COc1c(O)cccc1O.O=C(O)Cc1c[nH]c2ccccc12. The largest absolute Gasteiger partial charge is 0.504 e. The minimum absolute atomic E-state index is 0.0532. The Hall–Kier alpha value is -3.15. The van der Waals surface area contributed by atoms with Crippen molar-refractivity contribution in [3.63, 3.8) is 0 Å². The lowest BCUT2D eigenvalue weighted by Crippen LogP contribution is -1.98. The van der Waals surface area contributed by atoms with E-state index in [1.165, 1.54) is 25.3 Å². The van der Waals surface area contributed by atoms with E-state index in [9.17, 15) is 4.79 Å². The van der Waals surface area contributed by atoms with Crippen molar-refractivity contribution in [3.8, 4) is 17.2 Å². The Bertz CT molecular complexity index is 789. The number of fused-ring (bicyclic) bond motifs is 1. The van der Waals surface area contributed by atoms with Gasteiger partial charge in [-0.05, 0) is 23.8 Å². The van der Waals surface area contributed by atoms with Crippen molar-refractivity contribution in [3.05, 3.63) is 54.2 Å². The van der Waals surface area contributed by atoms with Gasteiger partial charge in [0, 0.05) is 17.1 Å². The van der Waals surface area contributed by atoms with Crippen LogP contribution in [0.15, 0.2) is 48.7 Å². The second-order valence-electron chi connectivity index (χ2n) is 4.76. The summed E-state index contributed by atoms with van der Waals surface area (Å²) in [5.74, 6) is -0.794. The Kier molecular flexibility index (Phi) is 5.09. The maximum atomic E-state index is 10.5. The maximum absolute atomic E-state index is 10.5. The molecule has 1 aromatic heterocycles. The number of rotatable bonds is 3. The number of benzene rings is 2. The lowest BCUT2D eigenvalue weighted by Gasteiger charge is -2.03. The van der Waals surface area contributed by atoms with Crippen molar-refractivity contribution < 1.29 is 24.9 Å². The van der Waals surface area contributed by atoms with Crippen LogP contribution in [0.1, 0.15) is 5.56 Å². The summed E-state index contributed by atoms with van der Waals surface area (Å²) >= 11 is 0. The number of carboxylic acid groups (broad SMARTS) is 1. The Labute approximate surface area is 132 Å². The number of methoxy groups -OCH3 is 1. The highest BCUT2D eigenvalue weighted by atomic mass is 16.5. The fourth-order valence-corrected chi connectivity index (χ4v) is 2.16. The van der Waals surface area contributed by atoms with Crippen LogP contribution in [0.2, 0.25) is 0 Å². The molecule has 0 aliphatic carbocycles. The number of H-pyrrole nitrogens is 1. The highest BCUT2D eigenvalue weighted by Gasteiger charge is 2.06. The standard InChI is InChI=1S/C10H9NO2.C7H8O3/c12-10(13)5-7-6-11-9-4-2-1-3-8(7)9;1-10-7-5(8)3-2-4-6(7)9/h1-4,6,11H,5H2,(H,12,13);2-4,8-9H,1H3. The maximum Gasteiger partial charge on any atom is 0.307 e. The van der Waals surface area contributed by atoms with Crippen molar-refractivity contribution in [2.45, 2.75) is 6.42 Å². The molecule has 0 radical (unpaired) electrons. The number of aromatic amines is 1. The molecule has 3 rings (SSSR count). The average molecular weight is 315 g/mol. The zero-order valence-corrected chi connectivity index (χ0v) is 12.5. The van der Waals surface area contributed by atoms with Gasteiger partial charge in [0.05, 0.1) is 13.5 Å². The van der Waals surface area contributed by atoms with E-state index < -0.39 is 5.97 Å². The van der Waals surface area contributed by atoms with Gasteiger partial charge in [-0.3, -0.25) is 4.79 Å². The molecular formula is C17H17NO5. The van der Waals surface area contributed by atoms with E-state index in [0.29, 0.717) is 0 Å². The number of phenols is 2. The molecule has 0 atom stereocenters. The van der Waals surface area contributed by atoms with Crippen LogP contribution < -0.4 is 4.74 Å². The minimum Gasteiger partial charge on any atom is -0.504 e. The number of aromatic hydroxyl groups is 2. The number of hydrogen-bond donors (Lipinski definition) is 4. The molecule has 1 heterocycles. The van der Waals surface area contributed by atoms with E-state index in [4.69, 9.17) is 15.3 Å². The van der Waals surface area contributed by atoms with Crippen LogP contribution >= 0.6 is 0 Å². The molecule has 0 aliphatic rings. The number of aromatic nitrogens is 1. The molecule has 3 aromatic rings. The molecule has 0 aliphatic heterocycles. The van der Waals surface area contributed by atoms with Crippen LogP contribution in [0.3, 0.4) is 0 Å². The fraction of sp³-hybridized carbons (Fsp3) is 0.118. The lowest BCUT2D eigenvalue weighted by atomic mass is 10.1. The van der Waals surface area contributed by atoms with Crippen LogP contribution in [-0.2, 0) is 11.2 Å². The quantitative estimate of drug-likeness (QED) is 0.595. The normalized spacial score (nSPS) is 9.96. The van der Waals surface area contributed by atoms with E-state index in [1.54, 1.807) is 6.20 Å². The molecule has 4 N–H and O–H groups in total. The number of hydrogen-bond acceptors (Lipinski definition) is 4. The third-order valence-corrected chi connectivity index (χ3v) is 3.19. The molecule has 0 bridgehead atoms. The van der Waals surface area contributed by atoms with Crippen molar-refractivity contribution in [2.75, 3.05) is 7.11 Å². The van der Waals surface area contributed by atoms with Crippen molar-refractivity contribution in [1.29, 1.82) is 0 Å². The first-order valence-corrected chi connectivity index (χ1v) is 6.84. The molecule has 6 nitrogen and oxygen atoms in total. The molecular weight excluding hydrogens is 298 g/mol. The Morgan fingerprint density at radius 2 is 1.74 bits per heavy atom. The van der Waals surface area contributed by atoms with Crippen LogP contribution in [-0.4, -0.2) is 33.4 Å². The number of nitrogens with one attached hydrogen (secondary N) is 1. The van der Waals surface area contributed by atoms with Gasteiger partial charge in [0.1, 0.15) is 0 Å². The molecule has 6 heteroatoms. The molecule has 120 valence electrons. The number of carbonyl (C=O) groups is 1.